The Morgan fingerprint density at radius 1 is 0.911 bits per heavy atom. The Labute approximate surface area is 330 Å². The van der Waals surface area contributed by atoms with Crippen molar-refractivity contribution >= 4 is 40.0 Å². The lowest BCUT2D eigenvalue weighted by atomic mass is 9.98. The highest BCUT2D eigenvalue weighted by Crippen LogP contribution is 2.41. The number of nitrogens with zero attached hydrogens (tertiary/aromatic N) is 1. The van der Waals surface area contributed by atoms with Gasteiger partial charge in [-0.25, -0.2) is 0 Å². The molecular formula is C42H61N5O9. The highest BCUT2D eigenvalue weighted by atomic mass is 16.5. The molecule has 2 amide bonds. The third-order valence-electron chi connectivity index (χ3n) is 9.28. The summed E-state index contributed by atoms with van der Waals surface area (Å²) in [5, 5.41) is 23.8. The molecule has 56 heavy (non-hydrogen) atoms. The normalized spacial score (nSPS) is 11.7. The van der Waals surface area contributed by atoms with E-state index in [1.54, 1.807) is 0 Å². The number of likely N-dealkylation sites (N-methyl/N-ethyl adjacent to an activating group) is 1. The largest absolute Gasteiger partial charge is 0.507 e. The average molecular weight is 780 g/mol. The molecule has 1 unspecified atom stereocenters. The lowest BCUT2D eigenvalue weighted by Crippen LogP contribution is -2.49. The molecule has 0 aliphatic heterocycles. The SMILES string of the molecule is CCN(CC)CCNCCNC(=O)C(CCCNC)NC(=O)COc1cc2oc3cc(OCC=O)c(CC=C(C)C)c(O)c3c(=O)c2c(CC=C(C)C)c1OC. The number of ether oxygens (including phenoxy) is 3. The van der Waals surface area contributed by atoms with Gasteiger partial charge in [0.25, 0.3) is 5.91 Å². The van der Waals surface area contributed by atoms with Gasteiger partial charge in [0.15, 0.2) is 24.4 Å². The summed E-state index contributed by atoms with van der Waals surface area (Å²) in [5.41, 5.74) is 2.44. The second-order valence-electron chi connectivity index (χ2n) is 13.9. The molecular weight excluding hydrogens is 718 g/mol. The minimum atomic E-state index is -0.781. The van der Waals surface area contributed by atoms with Crippen molar-refractivity contribution in [3.63, 3.8) is 0 Å². The second kappa shape index (κ2) is 23.2. The van der Waals surface area contributed by atoms with E-state index in [1.807, 2.05) is 46.9 Å². The first-order valence-electron chi connectivity index (χ1n) is 19.4. The number of hydrogen-bond donors (Lipinski definition) is 5. The summed E-state index contributed by atoms with van der Waals surface area (Å²) < 4.78 is 23.8. The number of allylic oxidation sites excluding steroid dienone is 4. The minimum absolute atomic E-state index is 0.0402. The van der Waals surface area contributed by atoms with Crippen LogP contribution in [0.25, 0.3) is 21.9 Å². The second-order valence-corrected chi connectivity index (χ2v) is 13.9. The fourth-order valence-corrected chi connectivity index (χ4v) is 6.22. The lowest BCUT2D eigenvalue weighted by Gasteiger charge is -2.20. The predicted molar refractivity (Wildman–Crippen MR) is 220 cm³/mol. The predicted octanol–water partition coefficient (Wildman–Crippen LogP) is 4.17. The number of aromatic hydroxyl groups is 1. The van der Waals surface area contributed by atoms with E-state index in [2.05, 4.69) is 40.0 Å². The maximum absolute atomic E-state index is 14.3. The summed E-state index contributed by atoms with van der Waals surface area (Å²) in [7, 11) is 3.26. The van der Waals surface area contributed by atoms with Crippen LogP contribution in [0.5, 0.6) is 23.0 Å². The highest BCUT2D eigenvalue weighted by molar-refractivity contribution is 5.98. The monoisotopic (exact) mass is 779 g/mol. The van der Waals surface area contributed by atoms with Crippen molar-refractivity contribution in [2.24, 2.45) is 0 Å². The van der Waals surface area contributed by atoms with Crippen LogP contribution >= 0.6 is 0 Å². The van der Waals surface area contributed by atoms with Gasteiger partial charge in [0.05, 0.1) is 12.5 Å². The van der Waals surface area contributed by atoms with Crippen molar-refractivity contribution in [2.75, 3.05) is 73.2 Å². The van der Waals surface area contributed by atoms with E-state index in [-0.39, 0.29) is 70.3 Å². The van der Waals surface area contributed by atoms with E-state index >= 15 is 0 Å². The molecule has 2 aromatic carbocycles. The Bertz CT molecular complexity index is 1910. The van der Waals surface area contributed by atoms with Crippen LogP contribution < -0.4 is 40.9 Å². The van der Waals surface area contributed by atoms with Crippen LogP contribution in [0, 0.1) is 0 Å². The molecule has 1 aromatic heterocycles. The number of fused-ring (bicyclic) bond motifs is 2. The van der Waals surface area contributed by atoms with Crippen LogP contribution in [0.3, 0.4) is 0 Å². The standard InChI is InChI=1S/C42H61N5O9/c1-9-47(10-2)21-20-44-18-19-45-42(52)31(12-11-17-43-7)46-36(49)26-55-35-25-33-37(30(41(35)53-8)16-14-28(5)6)40(51)38-34(56-33)24-32(54-23-22-48)29(39(38)50)15-13-27(3)4/h13-14,22,24-25,31,43-44,50H,9-12,15-21,23,26H2,1-8H3,(H,45,52)(H,46,49). The van der Waals surface area contributed by atoms with Crippen LogP contribution in [0.1, 0.15) is 65.5 Å². The molecule has 0 saturated heterocycles. The first-order valence-corrected chi connectivity index (χ1v) is 19.4. The summed E-state index contributed by atoms with van der Waals surface area (Å²) in [6.07, 6.45) is 5.98. The molecule has 0 aliphatic carbocycles. The van der Waals surface area contributed by atoms with E-state index in [4.69, 9.17) is 18.6 Å². The van der Waals surface area contributed by atoms with E-state index in [1.165, 1.54) is 19.2 Å². The number of amides is 2. The Morgan fingerprint density at radius 2 is 1.57 bits per heavy atom. The maximum Gasteiger partial charge on any atom is 0.258 e. The van der Waals surface area contributed by atoms with Gasteiger partial charge in [0, 0.05) is 49.4 Å². The minimum Gasteiger partial charge on any atom is -0.507 e. The van der Waals surface area contributed by atoms with Gasteiger partial charge in [-0.2, -0.15) is 0 Å². The van der Waals surface area contributed by atoms with E-state index in [9.17, 15) is 24.3 Å². The molecule has 0 saturated carbocycles. The van der Waals surface area contributed by atoms with Gasteiger partial charge in [0.2, 0.25) is 11.3 Å². The Morgan fingerprint density at radius 3 is 2.20 bits per heavy atom. The van der Waals surface area contributed by atoms with Gasteiger partial charge in [0.1, 0.15) is 40.7 Å². The van der Waals surface area contributed by atoms with Gasteiger partial charge in [-0.1, -0.05) is 37.1 Å². The van der Waals surface area contributed by atoms with Crippen LogP contribution in [-0.2, 0) is 27.2 Å². The molecule has 0 fully saturated rings. The maximum atomic E-state index is 14.3. The van der Waals surface area contributed by atoms with Crippen LogP contribution in [0.2, 0.25) is 0 Å². The van der Waals surface area contributed by atoms with Gasteiger partial charge < -0.3 is 49.9 Å². The number of aldehydes is 1. The van der Waals surface area contributed by atoms with E-state index in [0.717, 1.165) is 37.3 Å². The zero-order chi connectivity index (χ0) is 41.2. The van der Waals surface area contributed by atoms with Gasteiger partial charge in [-0.05, 0) is 80.1 Å². The topological polar surface area (TPSA) is 181 Å². The Kier molecular flexibility index (Phi) is 18.9. The molecule has 1 atom stereocenters. The number of phenolic OH excluding ortho intramolecular Hbond substituents is 1. The molecule has 14 heteroatoms. The van der Waals surface area contributed by atoms with Crippen LogP contribution in [0.15, 0.2) is 44.6 Å². The highest BCUT2D eigenvalue weighted by Gasteiger charge is 2.26. The molecule has 3 rings (SSSR count). The number of rotatable bonds is 25. The van der Waals surface area contributed by atoms with Crippen molar-refractivity contribution < 1.29 is 38.1 Å². The van der Waals surface area contributed by atoms with E-state index in [0.29, 0.717) is 49.9 Å². The van der Waals surface area contributed by atoms with Gasteiger partial charge in [-0.15, -0.1) is 0 Å². The van der Waals surface area contributed by atoms with Crippen molar-refractivity contribution in [3.05, 3.63) is 56.8 Å². The molecule has 14 nitrogen and oxygen atoms in total. The zero-order valence-corrected chi connectivity index (χ0v) is 34.3. The smallest absolute Gasteiger partial charge is 0.258 e. The third kappa shape index (κ3) is 12.8. The van der Waals surface area contributed by atoms with Crippen molar-refractivity contribution in [1.29, 1.82) is 0 Å². The summed E-state index contributed by atoms with van der Waals surface area (Å²) in [5.74, 6) is -0.547. The molecule has 0 bridgehead atoms. The fraction of sp³-hybridized carbons (Fsp3) is 0.524. The molecule has 5 N–H and O–H groups in total. The quantitative estimate of drug-likeness (QED) is 0.0359. The molecule has 0 aliphatic rings. The third-order valence-corrected chi connectivity index (χ3v) is 9.28. The van der Waals surface area contributed by atoms with Crippen molar-refractivity contribution in [3.8, 4) is 23.0 Å². The van der Waals surface area contributed by atoms with Crippen LogP contribution in [0.4, 0.5) is 0 Å². The summed E-state index contributed by atoms with van der Waals surface area (Å²) in [6, 6.07) is 2.18. The Balaban J connectivity index is 1.96. The molecule has 1 heterocycles. The fourth-order valence-electron chi connectivity index (χ4n) is 6.22. The van der Waals surface area contributed by atoms with Gasteiger partial charge in [-0.3, -0.25) is 19.2 Å². The summed E-state index contributed by atoms with van der Waals surface area (Å²) in [6.45, 7) is 16.6. The number of carbonyl (C=O) groups excluding carboxylic acids is 3. The average Bonchev–Trinajstić information content (AvgIpc) is 3.16. The van der Waals surface area contributed by atoms with Gasteiger partial charge >= 0.3 is 0 Å². The number of hydrogen-bond acceptors (Lipinski definition) is 12. The number of nitrogens with one attached hydrogen (secondary N) is 4. The molecule has 0 spiro atoms. The van der Waals surface area contributed by atoms with Crippen LogP contribution in [-0.4, -0.2) is 107 Å². The van der Waals surface area contributed by atoms with Crippen molar-refractivity contribution in [1.82, 2.24) is 26.2 Å². The first-order chi connectivity index (χ1) is 26.9. The summed E-state index contributed by atoms with van der Waals surface area (Å²) in [4.78, 5) is 54.4. The number of methoxy groups -OCH3 is 1. The number of carbonyl (C=O) groups is 3. The first kappa shape index (κ1) is 45.5. The molecule has 308 valence electrons. The zero-order valence-electron chi connectivity index (χ0n) is 34.3. The number of benzene rings is 2. The molecule has 3 aromatic rings. The Hall–Kier alpha value is -4.92. The molecule has 0 radical (unpaired) electrons. The van der Waals surface area contributed by atoms with Crippen molar-refractivity contribution in [2.45, 2.75) is 73.3 Å². The van der Waals surface area contributed by atoms with E-state index < -0.39 is 24.0 Å². The lowest BCUT2D eigenvalue weighted by molar-refractivity contribution is -0.130. The number of phenols is 1. The summed E-state index contributed by atoms with van der Waals surface area (Å²) >= 11 is 0.